The molecule has 1 amide bonds. The number of hydrogen-bond acceptors (Lipinski definition) is 3. The second-order valence-electron chi connectivity index (χ2n) is 5.89. The Morgan fingerprint density at radius 2 is 1.85 bits per heavy atom. The van der Waals surface area contributed by atoms with Crippen molar-refractivity contribution in [3.63, 3.8) is 0 Å². The number of ether oxygens (including phenoxy) is 1. The van der Waals surface area contributed by atoms with Gasteiger partial charge in [-0.25, -0.2) is 0 Å². The summed E-state index contributed by atoms with van der Waals surface area (Å²) in [4.78, 5) is 14.1. The summed E-state index contributed by atoms with van der Waals surface area (Å²) < 4.78 is 5.57. The highest BCUT2D eigenvalue weighted by Crippen LogP contribution is 2.37. The van der Waals surface area contributed by atoms with Gasteiger partial charge in [0.25, 0.3) is 5.91 Å². The van der Waals surface area contributed by atoms with Gasteiger partial charge in [-0.1, -0.05) is 18.6 Å². The van der Waals surface area contributed by atoms with Crippen molar-refractivity contribution < 1.29 is 9.53 Å². The smallest absolute Gasteiger partial charge is 0.260 e. The van der Waals surface area contributed by atoms with Crippen LogP contribution >= 0.6 is 0 Å². The van der Waals surface area contributed by atoms with E-state index in [0.717, 1.165) is 36.2 Å². The highest BCUT2D eigenvalue weighted by molar-refractivity contribution is 5.78. The van der Waals surface area contributed by atoms with E-state index in [1.54, 1.807) is 0 Å². The lowest BCUT2D eigenvalue weighted by Gasteiger charge is -2.17. The SMILES string of the molecule is NCc1ccc(OCC(=O)N2CC3CCCC3C2)cc1. The number of benzene rings is 1. The molecule has 0 bridgehead atoms. The minimum atomic E-state index is 0.113. The zero-order chi connectivity index (χ0) is 13.9. The van der Waals surface area contributed by atoms with E-state index < -0.39 is 0 Å². The molecule has 2 unspecified atom stereocenters. The van der Waals surface area contributed by atoms with Gasteiger partial charge in [0.05, 0.1) is 0 Å². The Balaban J connectivity index is 1.49. The molecule has 2 N–H and O–H groups in total. The van der Waals surface area contributed by atoms with Crippen LogP contribution in [-0.2, 0) is 11.3 Å². The van der Waals surface area contributed by atoms with E-state index in [9.17, 15) is 4.79 Å². The third kappa shape index (κ3) is 2.80. The van der Waals surface area contributed by atoms with Crippen molar-refractivity contribution >= 4 is 5.91 Å². The number of carbonyl (C=O) groups is 1. The van der Waals surface area contributed by atoms with E-state index in [4.69, 9.17) is 10.5 Å². The summed E-state index contributed by atoms with van der Waals surface area (Å²) in [6, 6.07) is 7.60. The number of amides is 1. The van der Waals surface area contributed by atoms with E-state index in [0.29, 0.717) is 6.54 Å². The Morgan fingerprint density at radius 1 is 1.20 bits per heavy atom. The third-order valence-corrected chi connectivity index (χ3v) is 4.60. The maximum Gasteiger partial charge on any atom is 0.260 e. The van der Waals surface area contributed by atoms with Gasteiger partial charge >= 0.3 is 0 Å². The third-order valence-electron chi connectivity index (χ3n) is 4.60. The summed E-state index contributed by atoms with van der Waals surface area (Å²) in [5, 5.41) is 0. The van der Waals surface area contributed by atoms with Crippen LogP contribution in [0.25, 0.3) is 0 Å². The van der Waals surface area contributed by atoms with E-state index >= 15 is 0 Å². The molecule has 20 heavy (non-hydrogen) atoms. The molecule has 108 valence electrons. The fourth-order valence-corrected chi connectivity index (χ4v) is 3.40. The first-order valence-electron chi connectivity index (χ1n) is 7.46. The van der Waals surface area contributed by atoms with Crippen LogP contribution in [-0.4, -0.2) is 30.5 Å². The molecular weight excluding hydrogens is 252 g/mol. The number of rotatable bonds is 4. The summed E-state index contributed by atoms with van der Waals surface area (Å²) in [6.45, 7) is 2.52. The van der Waals surface area contributed by atoms with E-state index in [-0.39, 0.29) is 12.5 Å². The number of nitrogens with two attached hydrogens (primary N) is 1. The van der Waals surface area contributed by atoms with Crippen molar-refractivity contribution in [1.82, 2.24) is 4.90 Å². The zero-order valence-electron chi connectivity index (χ0n) is 11.8. The van der Waals surface area contributed by atoms with Gasteiger partial charge in [0.2, 0.25) is 0 Å². The summed E-state index contributed by atoms with van der Waals surface area (Å²) in [5.74, 6) is 2.32. The lowest BCUT2D eigenvalue weighted by Crippen LogP contribution is -2.33. The topological polar surface area (TPSA) is 55.6 Å². The highest BCUT2D eigenvalue weighted by Gasteiger charge is 2.37. The van der Waals surface area contributed by atoms with E-state index in [1.165, 1.54) is 19.3 Å². The van der Waals surface area contributed by atoms with Crippen molar-refractivity contribution in [2.24, 2.45) is 17.6 Å². The van der Waals surface area contributed by atoms with Gasteiger partial charge in [-0.2, -0.15) is 0 Å². The van der Waals surface area contributed by atoms with Crippen molar-refractivity contribution in [3.05, 3.63) is 29.8 Å². The molecule has 0 spiro atoms. The van der Waals surface area contributed by atoms with Gasteiger partial charge in [-0.3, -0.25) is 4.79 Å². The molecule has 2 fully saturated rings. The molecule has 1 saturated heterocycles. The van der Waals surface area contributed by atoms with Gasteiger partial charge in [-0.05, 0) is 42.4 Å². The number of hydrogen-bond donors (Lipinski definition) is 1. The van der Waals surface area contributed by atoms with Crippen LogP contribution in [0.3, 0.4) is 0 Å². The lowest BCUT2D eigenvalue weighted by molar-refractivity contribution is -0.132. The minimum Gasteiger partial charge on any atom is -0.484 e. The Bertz CT molecular complexity index is 460. The number of fused-ring (bicyclic) bond motifs is 1. The quantitative estimate of drug-likeness (QED) is 0.910. The normalized spacial score (nSPS) is 24.8. The molecule has 1 saturated carbocycles. The predicted octanol–water partition coefficient (Wildman–Crippen LogP) is 1.78. The molecule has 1 aromatic rings. The zero-order valence-corrected chi connectivity index (χ0v) is 11.8. The molecule has 1 aromatic carbocycles. The Labute approximate surface area is 119 Å². The average Bonchev–Trinajstić information content (AvgIpc) is 3.06. The highest BCUT2D eigenvalue weighted by atomic mass is 16.5. The second kappa shape index (κ2) is 5.83. The van der Waals surface area contributed by atoms with Gasteiger partial charge in [0.1, 0.15) is 5.75 Å². The standard InChI is InChI=1S/C16H22N2O2/c17-8-12-4-6-15(7-5-12)20-11-16(19)18-9-13-2-1-3-14(13)10-18/h4-7,13-14H,1-3,8-11,17H2. The Morgan fingerprint density at radius 3 is 2.45 bits per heavy atom. The molecule has 1 heterocycles. The van der Waals surface area contributed by atoms with Gasteiger partial charge in [-0.15, -0.1) is 0 Å². The average molecular weight is 274 g/mol. The summed E-state index contributed by atoms with van der Waals surface area (Å²) >= 11 is 0. The fourth-order valence-electron chi connectivity index (χ4n) is 3.40. The molecule has 1 aliphatic heterocycles. The molecule has 2 aliphatic rings. The number of nitrogens with zero attached hydrogens (tertiary/aromatic N) is 1. The lowest BCUT2D eigenvalue weighted by atomic mass is 10.0. The van der Waals surface area contributed by atoms with Crippen LogP contribution in [0.1, 0.15) is 24.8 Å². The van der Waals surface area contributed by atoms with Gasteiger partial charge in [0.15, 0.2) is 6.61 Å². The Kier molecular flexibility index (Phi) is 3.92. The first-order valence-corrected chi connectivity index (χ1v) is 7.46. The Hall–Kier alpha value is -1.55. The van der Waals surface area contributed by atoms with Crippen LogP contribution in [0.2, 0.25) is 0 Å². The van der Waals surface area contributed by atoms with Crippen LogP contribution in [0.4, 0.5) is 0 Å². The van der Waals surface area contributed by atoms with Crippen molar-refractivity contribution in [1.29, 1.82) is 0 Å². The first-order chi connectivity index (χ1) is 9.76. The minimum absolute atomic E-state index is 0.113. The van der Waals surface area contributed by atoms with E-state index in [2.05, 4.69) is 0 Å². The predicted molar refractivity (Wildman–Crippen MR) is 77.2 cm³/mol. The number of likely N-dealkylation sites (tertiary alicyclic amines) is 1. The van der Waals surface area contributed by atoms with Crippen molar-refractivity contribution in [3.8, 4) is 5.75 Å². The summed E-state index contributed by atoms with van der Waals surface area (Å²) in [7, 11) is 0. The van der Waals surface area contributed by atoms with Crippen LogP contribution < -0.4 is 10.5 Å². The van der Waals surface area contributed by atoms with Crippen molar-refractivity contribution in [2.75, 3.05) is 19.7 Å². The largest absolute Gasteiger partial charge is 0.484 e. The molecule has 1 aliphatic carbocycles. The molecular formula is C16H22N2O2. The number of carbonyl (C=O) groups excluding carboxylic acids is 1. The van der Waals surface area contributed by atoms with Crippen LogP contribution in [0.15, 0.2) is 24.3 Å². The molecule has 3 rings (SSSR count). The van der Waals surface area contributed by atoms with Crippen molar-refractivity contribution in [2.45, 2.75) is 25.8 Å². The van der Waals surface area contributed by atoms with E-state index in [1.807, 2.05) is 29.2 Å². The van der Waals surface area contributed by atoms with Gasteiger partial charge in [0, 0.05) is 19.6 Å². The van der Waals surface area contributed by atoms with Gasteiger partial charge < -0.3 is 15.4 Å². The fraction of sp³-hybridized carbons (Fsp3) is 0.562. The summed E-state index contributed by atoms with van der Waals surface area (Å²) in [6.07, 6.45) is 3.91. The molecule has 2 atom stereocenters. The van der Waals surface area contributed by atoms with Crippen LogP contribution in [0.5, 0.6) is 5.75 Å². The molecule has 4 nitrogen and oxygen atoms in total. The summed E-state index contributed by atoms with van der Waals surface area (Å²) in [5.41, 5.74) is 6.61. The second-order valence-corrected chi connectivity index (χ2v) is 5.89. The maximum atomic E-state index is 12.2. The molecule has 0 aromatic heterocycles. The molecule has 4 heteroatoms. The molecule has 0 radical (unpaired) electrons. The van der Waals surface area contributed by atoms with Crippen LogP contribution in [0, 0.1) is 11.8 Å². The monoisotopic (exact) mass is 274 g/mol. The maximum absolute atomic E-state index is 12.2. The first kappa shape index (κ1) is 13.4.